The molecule has 3 aromatic heterocycles. The minimum absolute atomic E-state index is 0.138. The summed E-state index contributed by atoms with van der Waals surface area (Å²) >= 11 is 0. The molecule has 6 N–H and O–H groups in total. The summed E-state index contributed by atoms with van der Waals surface area (Å²) in [6.45, 7) is 4.67. The van der Waals surface area contributed by atoms with Crippen LogP contribution in [0.2, 0.25) is 0 Å². The second-order valence-corrected chi connectivity index (χ2v) is 12.0. The zero-order valence-corrected chi connectivity index (χ0v) is 23.3. The Morgan fingerprint density at radius 2 is 1.98 bits per heavy atom. The molecule has 4 atom stereocenters. The summed E-state index contributed by atoms with van der Waals surface area (Å²) in [5.74, 6) is 1.76. The van der Waals surface area contributed by atoms with E-state index in [0.29, 0.717) is 47.0 Å². The van der Waals surface area contributed by atoms with Gasteiger partial charge in [-0.2, -0.15) is 13.2 Å². The van der Waals surface area contributed by atoms with Gasteiger partial charge in [0.2, 0.25) is 0 Å². The molecule has 1 aliphatic heterocycles. The third kappa shape index (κ3) is 5.43. The van der Waals surface area contributed by atoms with Crippen molar-refractivity contribution in [3.8, 4) is 0 Å². The van der Waals surface area contributed by atoms with Gasteiger partial charge in [0.25, 0.3) is 0 Å². The number of alkyl halides is 3. The van der Waals surface area contributed by atoms with Crippen molar-refractivity contribution in [2.24, 2.45) is 11.8 Å². The van der Waals surface area contributed by atoms with Crippen LogP contribution < -0.4 is 11.1 Å². The number of fused-ring (bicyclic) bond motifs is 2. The zero-order chi connectivity index (χ0) is 29.8. The lowest BCUT2D eigenvalue weighted by Gasteiger charge is -2.52. The maximum Gasteiger partial charge on any atom is 0.393 e. The molecule has 0 unspecified atom stereocenters. The molecule has 226 valence electrons. The highest BCUT2D eigenvalue weighted by Crippen LogP contribution is 2.45. The van der Waals surface area contributed by atoms with Gasteiger partial charge in [0, 0.05) is 18.5 Å². The highest BCUT2D eigenvalue weighted by atomic mass is 19.4. The Hall–Kier alpha value is -3.33. The van der Waals surface area contributed by atoms with E-state index in [1.54, 1.807) is 10.6 Å². The van der Waals surface area contributed by atoms with Crippen LogP contribution in [0, 0.1) is 11.8 Å². The Labute approximate surface area is 239 Å². The van der Waals surface area contributed by atoms with Crippen LogP contribution in [0.1, 0.15) is 50.7 Å². The van der Waals surface area contributed by atoms with Crippen LogP contribution in [0.4, 0.5) is 19.0 Å². The van der Waals surface area contributed by atoms with Crippen molar-refractivity contribution in [3.63, 3.8) is 0 Å². The van der Waals surface area contributed by atoms with Crippen LogP contribution in [0.15, 0.2) is 30.9 Å². The molecule has 1 saturated carbocycles. The summed E-state index contributed by atoms with van der Waals surface area (Å²) in [5.41, 5.74) is 8.06. The van der Waals surface area contributed by atoms with E-state index in [4.69, 9.17) is 10.5 Å². The number of imidazole rings is 2. The van der Waals surface area contributed by atoms with Crippen LogP contribution in [0.3, 0.4) is 0 Å². The maximum atomic E-state index is 12.8. The molecule has 0 spiro atoms. The molecule has 1 aliphatic carbocycles. The number of aliphatic hydroxyl groups is 2. The molecule has 0 bridgehead atoms. The monoisotopic (exact) mass is 588 g/mol. The fourth-order valence-corrected chi connectivity index (χ4v) is 6.39. The first-order valence-electron chi connectivity index (χ1n) is 14.2. The zero-order valence-electron chi connectivity index (χ0n) is 23.3. The van der Waals surface area contributed by atoms with E-state index >= 15 is 0 Å². The summed E-state index contributed by atoms with van der Waals surface area (Å²) in [6, 6.07) is 4.63. The van der Waals surface area contributed by atoms with Crippen molar-refractivity contribution in [1.82, 2.24) is 34.8 Å². The molecular weight excluding hydrogens is 553 g/mol. The number of aliphatic hydroxyl groups excluding tert-OH is 2. The number of nitrogen functional groups attached to an aromatic ring is 1. The molecule has 6 rings (SSSR count). The first-order chi connectivity index (χ1) is 19.9. The van der Waals surface area contributed by atoms with Crippen LogP contribution in [-0.2, 0) is 17.6 Å². The standard InChI is InChI=1S/C28H35F3N8O3/c1-14(2)27(8-16(9-27)4-6-20-37-17-5-3-15(7-18(17)38-20)10-28(29,30)31)36-11-19-22(40)23(41)26(42-19)39-13-35-21-24(32)33-12-34-25(21)39/h3,5,7,12-14,16,19,22-23,26,36,40-41H,4,6,8-11H2,1-2H3,(H,37,38)(H2,32,33,34)/t16?,19-,22+,23+,26-,27?/m1/s1. The number of rotatable bonds is 9. The van der Waals surface area contributed by atoms with Crippen molar-refractivity contribution >= 4 is 28.0 Å². The summed E-state index contributed by atoms with van der Waals surface area (Å²) in [7, 11) is 0. The van der Waals surface area contributed by atoms with Gasteiger partial charge in [-0.1, -0.05) is 19.9 Å². The fourth-order valence-electron chi connectivity index (χ4n) is 6.39. The Bertz CT molecular complexity index is 1570. The number of nitrogens with zero attached hydrogens (tertiary/aromatic N) is 5. The Balaban J connectivity index is 1.04. The van der Waals surface area contributed by atoms with E-state index in [9.17, 15) is 23.4 Å². The molecule has 1 aromatic carbocycles. The lowest BCUT2D eigenvalue weighted by Crippen LogP contribution is -2.61. The van der Waals surface area contributed by atoms with Crippen molar-refractivity contribution in [2.45, 2.75) is 82.2 Å². The Morgan fingerprint density at radius 3 is 2.71 bits per heavy atom. The van der Waals surface area contributed by atoms with Gasteiger partial charge in [-0.15, -0.1) is 0 Å². The van der Waals surface area contributed by atoms with Crippen molar-refractivity contribution < 1.29 is 28.1 Å². The van der Waals surface area contributed by atoms with E-state index in [1.807, 2.05) is 0 Å². The van der Waals surface area contributed by atoms with Gasteiger partial charge in [0.05, 0.1) is 23.8 Å². The van der Waals surface area contributed by atoms with Crippen molar-refractivity contribution in [3.05, 3.63) is 42.2 Å². The number of aromatic nitrogens is 6. The molecule has 2 aliphatic rings. The van der Waals surface area contributed by atoms with Gasteiger partial charge in [-0.05, 0) is 48.8 Å². The van der Waals surface area contributed by atoms with Gasteiger partial charge in [0.1, 0.15) is 36.0 Å². The van der Waals surface area contributed by atoms with Gasteiger partial charge in [0.15, 0.2) is 17.7 Å². The summed E-state index contributed by atoms with van der Waals surface area (Å²) < 4.78 is 46.0. The van der Waals surface area contributed by atoms with Crippen LogP contribution in [0.5, 0.6) is 0 Å². The number of hydrogen-bond acceptors (Lipinski definition) is 9. The third-order valence-electron chi connectivity index (χ3n) is 8.85. The minimum atomic E-state index is -4.25. The third-order valence-corrected chi connectivity index (χ3v) is 8.85. The fraction of sp³-hybridized carbons (Fsp3) is 0.571. The van der Waals surface area contributed by atoms with Gasteiger partial charge in [-0.3, -0.25) is 4.57 Å². The number of H-pyrrole nitrogens is 1. The van der Waals surface area contributed by atoms with E-state index in [0.717, 1.165) is 25.1 Å². The quantitative estimate of drug-likeness (QED) is 0.198. The summed E-state index contributed by atoms with van der Waals surface area (Å²) in [5, 5.41) is 25.2. The van der Waals surface area contributed by atoms with Crippen LogP contribution in [0.25, 0.3) is 22.2 Å². The van der Waals surface area contributed by atoms with E-state index < -0.39 is 37.1 Å². The smallest absolute Gasteiger partial charge is 0.387 e. The summed E-state index contributed by atoms with van der Waals surface area (Å²) in [6.07, 6.45) is -2.77. The maximum absolute atomic E-state index is 12.8. The molecule has 4 heterocycles. The Kier molecular flexibility index (Phi) is 7.36. The molecule has 11 nitrogen and oxygen atoms in total. The highest BCUT2D eigenvalue weighted by molar-refractivity contribution is 5.81. The minimum Gasteiger partial charge on any atom is -0.387 e. The average Bonchev–Trinajstić information content (AvgIpc) is 3.58. The van der Waals surface area contributed by atoms with Gasteiger partial charge in [-0.25, -0.2) is 19.9 Å². The second-order valence-electron chi connectivity index (χ2n) is 12.0. The lowest BCUT2D eigenvalue weighted by molar-refractivity contribution is -0.127. The van der Waals surface area contributed by atoms with Crippen LogP contribution >= 0.6 is 0 Å². The molecule has 0 radical (unpaired) electrons. The first-order valence-corrected chi connectivity index (χ1v) is 14.2. The largest absolute Gasteiger partial charge is 0.393 e. The Morgan fingerprint density at radius 1 is 1.19 bits per heavy atom. The van der Waals surface area contributed by atoms with Gasteiger partial charge < -0.3 is 31.0 Å². The molecule has 0 amide bonds. The molecule has 14 heteroatoms. The topological polar surface area (TPSA) is 160 Å². The normalized spacial score (nSPS) is 28.2. The van der Waals surface area contributed by atoms with Crippen LogP contribution in [-0.4, -0.2) is 76.3 Å². The molecule has 2 fully saturated rings. The predicted octanol–water partition coefficient (Wildman–Crippen LogP) is 3.04. The SMILES string of the molecule is CC(C)C1(NC[C@H]2O[C@@H](n3cnc4c(N)ncnc43)[C@@H](O)[C@H]2O)CC(CCc2nc3ccc(CC(F)(F)F)cc3[nH]2)C1. The highest BCUT2D eigenvalue weighted by Gasteiger charge is 2.49. The molecule has 42 heavy (non-hydrogen) atoms. The lowest BCUT2D eigenvalue weighted by atomic mass is 9.61. The van der Waals surface area contributed by atoms with E-state index in [-0.39, 0.29) is 16.9 Å². The number of aromatic amines is 1. The first kappa shape index (κ1) is 28.8. The van der Waals surface area contributed by atoms with Crippen molar-refractivity contribution in [2.75, 3.05) is 12.3 Å². The predicted molar refractivity (Wildman–Crippen MR) is 148 cm³/mol. The summed E-state index contributed by atoms with van der Waals surface area (Å²) in [4.78, 5) is 20.1. The number of anilines is 1. The number of benzene rings is 1. The molecule has 4 aromatic rings. The number of hydrogen-bond donors (Lipinski definition) is 5. The second kappa shape index (κ2) is 10.7. The number of halogens is 3. The molecular formula is C28H35F3N8O3. The van der Waals surface area contributed by atoms with Crippen molar-refractivity contribution in [1.29, 1.82) is 0 Å². The number of nitrogens with one attached hydrogen (secondary N) is 2. The van der Waals surface area contributed by atoms with Gasteiger partial charge >= 0.3 is 6.18 Å². The number of aryl methyl sites for hydroxylation is 1. The van der Waals surface area contributed by atoms with E-state index in [1.165, 1.54) is 24.8 Å². The molecule has 1 saturated heterocycles. The average molecular weight is 589 g/mol. The number of ether oxygens (including phenoxy) is 1. The van der Waals surface area contributed by atoms with E-state index in [2.05, 4.69) is 44.1 Å². The number of nitrogens with two attached hydrogens (primary N) is 1.